The summed E-state index contributed by atoms with van der Waals surface area (Å²) in [5.41, 5.74) is 8.42. The third-order valence-corrected chi connectivity index (χ3v) is 8.23. The number of anilines is 1. The first kappa shape index (κ1) is 23.1. The number of benzene rings is 3. The molecule has 1 amide bonds. The Balaban J connectivity index is 1.17. The number of rotatable bonds is 7. The zero-order valence-corrected chi connectivity index (χ0v) is 20.0. The van der Waals surface area contributed by atoms with Crippen molar-refractivity contribution in [2.45, 2.75) is 16.2 Å². The number of nitrogens with zero attached hydrogens (tertiary/aromatic N) is 3. The summed E-state index contributed by atoms with van der Waals surface area (Å²) in [5.74, 6) is 0.271. The summed E-state index contributed by atoms with van der Waals surface area (Å²) in [6, 6.07) is 21.1. The Morgan fingerprint density at radius 2 is 1.57 bits per heavy atom. The molecule has 1 aliphatic heterocycles. The quantitative estimate of drug-likeness (QED) is 0.413. The van der Waals surface area contributed by atoms with Gasteiger partial charge in [0.05, 0.1) is 20.9 Å². The van der Waals surface area contributed by atoms with Crippen LogP contribution in [-0.4, -0.2) is 61.9 Å². The van der Waals surface area contributed by atoms with Gasteiger partial charge in [0.1, 0.15) is 5.52 Å². The molecule has 9 heteroatoms. The molecule has 0 unspecified atom stereocenters. The van der Waals surface area contributed by atoms with Crippen LogP contribution in [0.2, 0.25) is 0 Å². The minimum absolute atomic E-state index is 0.306. The van der Waals surface area contributed by atoms with Gasteiger partial charge >= 0.3 is 0 Å². The van der Waals surface area contributed by atoms with Crippen molar-refractivity contribution >= 4 is 32.7 Å². The second kappa shape index (κ2) is 9.52. The number of sulfone groups is 1. The number of primary amides is 1. The first-order valence-electron chi connectivity index (χ1n) is 11.6. The van der Waals surface area contributed by atoms with Gasteiger partial charge in [-0.3, -0.25) is 9.69 Å². The highest BCUT2D eigenvalue weighted by Crippen LogP contribution is 2.23. The molecule has 4 aromatic rings. The fourth-order valence-electron chi connectivity index (χ4n) is 4.41. The van der Waals surface area contributed by atoms with Crippen LogP contribution in [0.15, 0.2) is 82.6 Å². The minimum Gasteiger partial charge on any atom is -0.366 e. The Morgan fingerprint density at radius 3 is 2.26 bits per heavy atom. The number of piperazine rings is 1. The smallest absolute Gasteiger partial charge is 0.250 e. The molecular weight excluding hydrogens is 462 g/mol. The maximum Gasteiger partial charge on any atom is 0.250 e. The number of H-pyrrole nitrogens is 1. The minimum atomic E-state index is -3.49. The summed E-state index contributed by atoms with van der Waals surface area (Å²) in [6.07, 6.45) is 0.846. The molecule has 180 valence electrons. The van der Waals surface area contributed by atoms with Crippen molar-refractivity contribution in [3.05, 3.63) is 83.9 Å². The first-order valence-corrected chi connectivity index (χ1v) is 13.0. The van der Waals surface area contributed by atoms with Crippen molar-refractivity contribution in [1.82, 2.24) is 14.9 Å². The molecule has 3 N–H and O–H groups in total. The maximum atomic E-state index is 12.8. The van der Waals surface area contributed by atoms with Gasteiger partial charge in [-0.05, 0) is 48.4 Å². The van der Waals surface area contributed by atoms with E-state index in [9.17, 15) is 13.2 Å². The average molecular weight is 490 g/mol. The van der Waals surface area contributed by atoms with Gasteiger partial charge in [-0.2, -0.15) is 0 Å². The molecule has 1 saturated heterocycles. The van der Waals surface area contributed by atoms with Crippen LogP contribution < -0.4 is 10.6 Å². The van der Waals surface area contributed by atoms with Crippen molar-refractivity contribution in [2.24, 2.45) is 5.73 Å². The first-order chi connectivity index (χ1) is 16.9. The van der Waals surface area contributed by atoms with E-state index in [2.05, 4.69) is 19.8 Å². The van der Waals surface area contributed by atoms with Gasteiger partial charge in [0.15, 0.2) is 0 Å². The lowest BCUT2D eigenvalue weighted by atomic mass is 10.1. The molecule has 0 spiro atoms. The van der Waals surface area contributed by atoms with E-state index in [1.807, 2.05) is 18.2 Å². The number of hydrogen-bond acceptors (Lipinski definition) is 6. The van der Waals surface area contributed by atoms with Crippen molar-refractivity contribution in [1.29, 1.82) is 0 Å². The van der Waals surface area contributed by atoms with Crippen molar-refractivity contribution in [3.8, 4) is 0 Å². The van der Waals surface area contributed by atoms with E-state index < -0.39 is 15.7 Å². The summed E-state index contributed by atoms with van der Waals surface area (Å²) in [4.78, 5) is 24.8. The largest absolute Gasteiger partial charge is 0.366 e. The van der Waals surface area contributed by atoms with E-state index in [4.69, 9.17) is 5.73 Å². The second-order valence-electron chi connectivity index (χ2n) is 8.67. The van der Waals surface area contributed by atoms with Crippen LogP contribution >= 0.6 is 0 Å². The number of aromatic nitrogens is 2. The number of para-hydroxylation sites is 1. The van der Waals surface area contributed by atoms with Gasteiger partial charge in [-0.15, -0.1) is 0 Å². The lowest BCUT2D eigenvalue weighted by molar-refractivity contribution is 0.100. The molecule has 0 bridgehead atoms. The van der Waals surface area contributed by atoms with Gasteiger partial charge in [0, 0.05) is 32.7 Å². The zero-order chi connectivity index (χ0) is 24.4. The maximum absolute atomic E-state index is 12.8. The number of nitrogens with two attached hydrogens (primary N) is 1. The molecule has 35 heavy (non-hydrogen) atoms. The van der Waals surface area contributed by atoms with Crippen LogP contribution in [0.25, 0.3) is 11.0 Å². The molecule has 0 saturated carbocycles. The Labute approximate surface area is 204 Å². The van der Waals surface area contributed by atoms with E-state index in [1.54, 1.807) is 54.6 Å². The molecule has 1 aromatic heterocycles. The van der Waals surface area contributed by atoms with Crippen LogP contribution in [0.1, 0.15) is 15.9 Å². The molecule has 3 aromatic carbocycles. The Morgan fingerprint density at radius 1 is 0.886 bits per heavy atom. The van der Waals surface area contributed by atoms with Crippen molar-refractivity contribution < 1.29 is 13.2 Å². The molecule has 0 radical (unpaired) electrons. The van der Waals surface area contributed by atoms with Crippen LogP contribution in [0.3, 0.4) is 0 Å². The zero-order valence-electron chi connectivity index (χ0n) is 19.2. The summed E-state index contributed by atoms with van der Waals surface area (Å²) in [7, 11) is -3.49. The molecule has 2 heterocycles. The van der Waals surface area contributed by atoms with Gasteiger partial charge in [-0.1, -0.05) is 36.4 Å². The van der Waals surface area contributed by atoms with Gasteiger partial charge in [0.2, 0.25) is 15.8 Å². The summed E-state index contributed by atoms with van der Waals surface area (Å²) < 4.78 is 25.5. The highest BCUT2D eigenvalue weighted by atomic mass is 32.2. The molecule has 0 aliphatic carbocycles. The predicted octanol–water partition coefficient (Wildman–Crippen LogP) is 2.86. The number of amides is 1. The van der Waals surface area contributed by atoms with Crippen LogP contribution in [0.5, 0.6) is 0 Å². The van der Waals surface area contributed by atoms with Gasteiger partial charge in [0.25, 0.3) is 5.91 Å². The van der Waals surface area contributed by atoms with Crippen LogP contribution in [0.4, 0.5) is 5.95 Å². The summed E-state index contributed by atoms with van der Waals surface area (Å²) in [6.45, 7) is 4.31. The van der Waals surface area contributed by atoms with Crippen molar-refractivity contribution in [3.63, 3.8) is 0 Å². The van der Waals surface area contributed by atoms with E-state index in [1.165, 1.54) is 0 Å². The third kappa shape index (κ3) is 4.78. The van der Waals surface area contributed by atoms with E-state index in [0.717, 1.165) is 56.2 Å². The van der Waals surface area contributed by atoms with E-state index in [-0.39, 0.29) is 0 Å². The SMILES string of the molecule is NC(=O)c1cccc2[nH]c(N3CCN(CCc4ccc(S(=O)(=O)c5ccccc5)cc4)CC3)nc12. The lowest BCUT2D eigenvalue weighted by Crippen LogP contribution is -2.47. The number of carbonyl (C=O) groups excluding carboxylic acids is 1. The molecule has 8 nitrogen and oxygen atoms in total. The second-order valence-corrected chi connectivity index (χ2v) is 10.6. The molecule has 1 fully saturated rings. The molecule has 5 rings (SSSR count). The standard InChI is InChI=1S/C26H27N5O3S/c27-25(32)22-7-4-8-23-24(22)29-26(28-23)31-17-15-30(16-18-31)14-13-19-9-11-21(12-10-19)35(33,34)20-5-2-1-3-6-20/h1-12H,13-18H2,(H2,27,32)(H,28,29). The highest BCUT2D eigenvalue weighted by Gasteiger charge is 2.21. The lowest BCUT2D eigenvalue weighted by Gasteiger charge is -2.34. The molecular formula is C26H27N5O3S. The number of fused-ring (bicyclic) bond motifs is 1. The third-order valence-electron chi connectivity index (χ3n) is 6.44. The average Bonchev–Trinajstić information content (AvgIpc) is 3.33. The van der Waals surface area contributed by atoms with Gasteiger partial charge < -0.3 is 15.6 Å². The topological polar surface area (TPSA) is 112 Å². The van der Waals surface area contributed by atoms with Crippen LogP contribution in [0, 0.1) is 0 Å². The van der Waals surface area contributed by atoms with Crippen molar-refractivity contribution in [2.75, 3.05) is 37.6 Å². The number of imidazole rings is 1. The number of carbonyl (C=O) groups is 1. The monoisotopic (exact) mass is 489 g/mol. The van der Waals surface area contributed by atoms with E-state index in [0.29, 0.717) is 20.9 Å². The Kier molecular flexibility index (Phi) is 6.27. The summed E-state index contributed by atoms with van der Waals surface area (Å²) >= 11 is 0. The number of nitrogens with one attached hydrogen (secondary N) is 1. The number of aromatic amines is 1. The van der Waals surface area contributed by atoms with Crippen LogP contribution in [-0.2, 0) is 16.3 Å². The normalized spacial score (nSPS) is 14.9. The number of hydrogen-bond donors (Lipinski definition) is 2. The fraction of sp³-hybridized carbons (Fsp3) is 0.231. The Bertz CT molecular complexity index is 1440. The van der Waals surface area contributed by atoms with Gasteiger partial charge in [-0.25, -0.2) is 13.4 Å². The molecule has 1 aliphatic rings. The fourth-order valence-corrected chi connectivity index (χ4v) is 5.69. The predicted molar refractivity (Wildman–Crippen MR) is 135 cm³/mol. The highest BCUT2D eigenvalue weighted by molar-refractivity contribution is 7.91. The molecule has 0 atom stereocenters. The summed E-state index contributed by atoms with van der Waals surface area (Å²) in [5, 5.41) is 0. The Hall–Kier alpha value is -3.69. The van der Waals surface area contributed by atoms with E-state index >= 15 is 0 Å².